The first-order valence-corrected chi connectivity index (χ1v) is 8.92. The molecule has 6 heteroatoms. The standard InChI is InChI=1S/C17H21N3O2S/c1-12-18-16-14-11-13(21-2)3-4-15(14)20(17(16)23-12)6-5-19-7-9-22-10-8-19/h3-4,11H,5-10H2,1-2H3/p+1. The van der Waals surface area contributed by atoms with E-state index in [4.69, 9.17) is 14.5 Å². The second kappa shape index (κ2) is 6.11. The normalized spacial score (nSPS) is 16.4. The maximum atomic E-state index is 5.46. The number of hydrogen-bond donors (Lipinski definition) is 1. The van der Waals surface area contributed by atoms with Crippen molar-refractivity contribution in [2.24, 2.45) is 0 Å². The van der Waals surface area contributed by atoms with E-state index >= 15 is 0 Å². The minimum Gasteiger partial charge on any atom is -0.497 e. The monoisotopic (exact) mass is 332 g/mol. The van der Waals surface area contributed by atoms with E-state index in [1.165, 1.54) is 15.7 Å². The number of thiazole rings is 1. The van der Waals surface area contributed by atoms with Gasteiger partial charge in [-0.2, -0.15) is 0 Å². The summed E-state index contributed by atoms with van der Waals surface area (Å²) in [5.74, 6) is 0.890. The van der Waals surface area contributed by atoms with Gasteiger partial charge in [-0.05, 0) is 25.1 Å². The maximum Gasteiger partial charge on any atom is 0.124 e. The topological polar surface area (TPSA) is 40.7 Å². The van der Waals surface area contributed by atoms with Crippen molar-refractivity contribution in [1.29, 1.82) is 0 Å². The minimum atomic E-state index is 0.883. The number of fused-ring (bicyclic) bond motifs is 3. The van der Waals surface area contributed by atoms with E-state index in [-0.39, 0.29) is 0 Å². The van der Waals surface area contributed by atoms with Gasteiger partial charge in [-0.1, -0.05) is 0 Å². The zero-order valence-electron chi connectivity index (χ0n) is 13.6. The summed E-state index contributed by atoms with van der Waals surface area (Å²) >= 11 is 1.78. The van der Waals surface area contributed by atoms with Crippen LogP contribution >= 0.6 is 11.3 Å². The summed E-state index contributed by atoms with van der Waals surface area (Å²) in [4.78, 5) is 7.65. The average molecular weight is 332 g/mol. The van der Waals surface area contributed by atoms with Gasteiger partial charge in [0.2, 0.25) is 0 Å². The SMILES string of the molecule is COc1ccc2c(c1)c1nc(C)sc1n2CC[NH+]1CCOCC1. The van der Waals surface area contributed by atoms with E-state index in [2.05, 4.69) is 23.6 Å². The van der Waals surface area contributed by atoms with Gasteiger partial charge in [0.15, 0.2) is 0 Å². The number of nitrogens with one attached hydrogen (secondary N) is 1. The largest absolute Gasteiger partial charge is 0.497 e. The molecule has 2 aromatic heterocycles. The zero-order chi connectivity index (χ0) is 15.8. The Morgan fingerprint density at radius 1 is 1.35 bits per heavy atom. The van der Waals surface area contributed by atoms with Crippen molar-refractivity contribution in [2.45, 2.75) is 13.5 Å². The third-order valence-corrected chi connectivity index (χ3v) is 5.59. The molecular formula is C17H22N3O2S+. The molecule has 4 rings (SSSR count). The van der Waals surface area contributed by atoms with Gasteiger partial charge in [-0.15, -0.1) is 11.3 Å². The van der Waals surface area contributed by atoms with E-state index in [0.717, 1.165) is 55.7 Å². The number of methoxy groups -OCH3 is 1. The second-order valence-corrected chi connectivity index (χ2v) is 7.22. The summed E-state index contributed by atoms with van der Waals surface area (Å²) < 4.78 is 13.3. The van der Waals surface area contributed by atoms with E-state index in [9.17, 15) is 0 Å². The van der Waals surface area contributed by atoms with Gasteiger partial charge < -0.3 is 18.9 Å². The molecule has 0 bridgehead atoms. The summed E-state index contributed by atoms with van der Waals surface area (Å²) in [6.07, 6.45) is 0. The fourth-order valence-electron chi connectivity index (χ4n) is 3.35. The van der Waals surface area contributed by atoms with Crippen LogP contribution in [0, 0.1) is 6.92 Å². The first-order valence-electron chi connectivity index (χ1n) is 8.11. The Kier molecular flexibility index (Phi) is 3.97. The van der Waals surface area contributed by atoms with E-state index in [1.54, 1.807) is 23.3 Å². The van der Waals surface area contributed by atoms with Gasteiger partial charge in [-0.3, -0.25) is 0 Å². The van der Waals surface area contributed by atoms with Gasteiger partial charge in [0, 0.05) is 5.39 Å². The summed E-state index contributed by atoms with van der Waals surface area (Å²) in [5, 5.41) is 2.31. The van der Waals surface area contributed by atoms with Crippen LogP contribution in [0.25, 0.3) is 21.3 Å². The number of quaternary nitrogens is 1. The Balaban J connectivity index is 1.73. The van der Waals surface area contributed by atoms with Crippen molar-refractivity contribution in [3.63, 3.8) is 0 Å². The van der Waals surface area contributed by atoms with E-state index < -0.39 is 0 Å². The molecule has 1 aromatic carbocycles. The third kappa shape index (κ3) is 2.71. The summed E-state index contributed by atoms with van der Waals surface area (Å²) in [6.45, 7) is 8.21. The van der Waals surface area contributed by atoms with Crippen molar-refractivity contribution >= 4 is 32.6 Å². The molecule has 0 amide bonds. The molecule has 122 valence electrons. The molecule has 0 spiro atoms. The lowest BCUT2D eigenvalue weighted by molar-refractivity contribution is -0.908. The van der Waals surface area contributed by atoms with Crippen LogP contribution in [-0.4, -0.2) is 49.5 Å². The predicted octanol–water partition coefficient (Wildman–Crippen LogP) is 1.48. The minimum absolute atomic E-state index is 0.883. The number of nitrogens with zero attached hydrogens (tertiary/aromatic N) is 2. The molecule has 3 heterocycles. The molecule has 0 unspecified atom stereocenters. The molecule has 3 aromatic rings. The molecule has 0 radical (unpaired) electrons. The Morgan fingerprint density at radius 3 is 2.96 bits per heavy atom. The lowest BCUT2D eigenvalue weighted by atomic mass is 10.2. The van der Waals surface area contributed by atoms with E-state index in [1.807, 2.05) is 6.07 Å². The molecule has 1 fully saturated rings. The first kappa shape index (κ1) is 14.9. The molecule has 1 N–H and O–H groups in total. The highest BCUT2D eigenvalue weighted by atomic mass is 32.1. The molecule has 1 aliphatic heterocycles. The first-order chi connectivity index (χ1) is 11.3. The second-order valence-electron chi connectivity index (χ2n) is 6.03. The van der Waals surface area contributed by atoms with Gasteiger partial charge in [0.05, 0.1) is 43.9 Å². The number of aryl methyl sites for hydroxylation is 1. The van der Waals surface area contributed by atoms with Crippen LogP contribution < -0.4 is 9.64 Å². The Hall–Kier alpha value is -1.63. The van der Waals surface area contributed by atoms with Crippen LogP contribution in [0.3, 0.4) is 0 Å². The molecule has 1 aliphatic rings. The number of aromatic nitrogens is 2. The quantitative estimate of drug-likeness (QED) is 0.787. The fraction of sp³-hybridized carbons (Fsp3) is 0.471. The zero-order valence-corrected chi connectivity index (χ0v) is 14.4. The van der Waals surface area contributed by atoms with Crippen molar-refractivity contribution in [3.8, 4) is 5.75 Å². The summed E-state index contributed by atoms with van der Waals surface area (Å²) in [7, 11) is 1.71. The highest BCUT2D eigenvalue weighted by Gasteiger charge is 2.18. The Bertz CT molecular complexity index is 833. The van der Waals surface area contributed by atoms with Crippen molar-refractivity contribution in [2.75, 3.05) is 40.0 Å². The summed E-state index contributed by atoms with van der Waals surface area (Å²) in [6, 6.07) is 6.30. The molecule has 0 aliphatic carbocycles. The van der Waals surface area contributed by atoms with Gasteiger partial charge in [0.1, 0.15) is 29.2 Å². The predicted molar refractivity (Wildman–Crippen MR) is 92.8 cm³/mol. The molecule has 0 atom stereocenters. The lowest BCUT2D eigenvalue weighted by Crippen LogP contribution is -3.14. The van der Waals surface area contributed by atoms with Crippen LogP contribution in [-0.2, 0) is 11.3 Å². The van der Waals surface area contributed by atoms with Gasteiger partial charge >= 0.3 is 0 Å². The highest BCUT2D eigenvalue weighted by Crippen LogP contribution is 2.34. The molecule has 5 nitrogen and oxygen atoms in total. The highest BCUT2D eigenvalue weighted by molar-refractivity contribution is 7.18. The number of benzene rings is 1. The van der Waals surface area contributed by atoms with Crippen LogP contribution in [0.2, 0.25) is 0 Å². The molecule has 0 saturated carbocycles. The summed E-state index contributed by atoms with van der Waals surface area (Å²) in [5.41, 5.74) is 2.37. The van der Waals surface area contributed by atoms with Crippen LogP contribution in [0.15, 0.2) is 18.2 Å². The molecular weight excluding hydrogens is 310 g/mol. The number of ether oxygens (including phenoxy) is 2. The van der Waals surface area contributed by atoms with Crippen LogP contribution in [0.1, 0.15) is 5.01 Å². The Labute approximate surface area is 139 Å². The van der Waals surface area contributed by atoms with Crippen molar-refractivity contribution in [1.82, 2.24) is 9.55 Å². The van der Waals surface area contributed by atoms with E-state index in [0.29, 0.717) is 0 Å². The van der Waals surface area contributed by atoms with Crippen molar-refractivity contribution < 1.29 is 14.4 Å². The van der Waals surface area contributed by atoms with Crippen molar-refractivity contribution in [3.05, 3.63) is 23.2 Å². The Morgan fingerprint density at radius 2 is 2.17 bits per heavy atom. The maximum absolute atomic E-state index is 5.46. The number of hydrogen-bond acceptors (Lipinski definition) is 4. The van der Waals surface area contributed by atoms with Gasteiger partial charge in [0.25, 0.3) is 0 Å². The lowest BCUT2D eigenvalue weighted by Gasteiger charge is -2.24. The number of rotatable bonds is 4. The van der Waals surface area contributed by atoms with Crippen LogP contribution in [0.4, 0.5) is 0 Å². The average Bonchev–Trinajstić information content (AvgIpc) is 3.09. The smallest absolute Gasteiger partial charge is 0.124 e. The van der Waals surface area contributed by atoms with Crippen LogP contribution in [0.5, 0.6) is 5.75 Å². The molecule has 1 saturated heterocycles. The fourth-order valence-corrected chi connectivity index (χ4v) is 4.32. The molecule has 23 heavy (non-hydrogen) atoms. The van der Waals surface area contributed by atoms with Gasteiger partial charge in [-0.25, -0.2) is 4.98 Å². The third-order valence-electron chi connectivity index (χ3n) is 4.60. The number of morpholine rings is 1.